The summed E-state index contributed by atoms with van der Waals surface area (Å²) < 4.78 is 36.9. The third kappa shape index (κ3) is 3.27. The lowest BCUT2D eigenvalue weighted by Gasteiger charge is -2.10. The van der Waals surface area contributed by atoms with Gasteiger partial charge in [-0.15, -0.1) is 0 Å². The highest BCUT2D eigenvalue weighted by atomic mass is 79.9. The molecule has 0 aromatic heterocycles. The van der Waals surface area contributed by atoms with E-state index in [1.54, 1.807) is 0 Å². The normalized spacial score (nSPS) is 10.3. The number of methoxy groups -OCH3 is 1. The average Bonchev–Trinajstić information content (AvgIpc) is 2.42. The molecular weight excluding hydrogens is 352 g/mol. The van der Waals surface area contributed by atoms with Gasteiger partial charge in [0.2, 0.25) is 5.75 Å². The van der Waals surface area contributed by atoms with Crippen LogP contribution in [-0.2, 0) is 0 Å². The highest BCUT2D eigenvalue weighted by molar-refractivity contribution is 9.10. The monoisotopic (exact) mass is 359 g/mol. The third-order valence-corrected chi connectivity index (χ3v) is 3.16. The number of benzene rings is 2. The molecule has 0 amide bonds. The Morgan fingerprint density at radius 3 is 2.43 bits per heavy atom. The lowest BCUT2D eigenvalue weighted by Crippen LogP contribution is -1.97. The Morgan fingerprint density at radius 1 is 1.14 bits per heavy atom. The molecule has 21 heavy (non-hydrogen) atoms. The van der Waals surface area contributed by atoms with Gasteiger partial charge in [-0.2, -0.15) is 0 Å². The number of nitro groups is 1. The first-order chi connectivity index (χ1) is 9.92. The molecule has 8 heteroatoms. The molecule has 0 aliphatic carbocycles. The lowest BCUT2D eigenvalue weighted by atomic mass is 10.2. The predicted octanol–water partition coefficient (Wildman–Crippen LogP) is 4.44. The smallest absolute Gasteiger partial charge is 0.314 e. The van der Waals surface area contributed by atoms with Gasteiger partial charge in [0.05, 0.1) is 22.6 Å². The minimum Gasteiger partial charge on any atom is -0.494 e. The molecule has 2 aromatic rings. The van der Waals surface area contributed by atoms with Crippen molar-refractivity contribution in [2.75, 3.05) is 7.11 Å². The summed E-state index contributed by atoms with van der Waals surface area (Å²) >= 11 is 3.08. The zero-order valence-electron chi connectivity index (χ0n) is 10.6. The van der Waals surface area contributed by atoms with E-state index in [2.05, 4.69) is 15.9 Å². The molecule has 0 heterocycles. The van der Waals surface area contributed by atoms with Crippen LogP contribution in [-0.4, -0.2) is 12.0 Å². The Bertz CT molecular complexity index is 709. The first kappa shape index (κ1) is 15.2. The van der Waals surface area contributed by atoms with E-state index in [4.69, 9.17) is 9.47 Å². The fraction of sp³-hybridized carbons (Fsp3) is 0.0769. The predicted molar refractivity (Wildman–Crippen MR) is 73.8 cm³/mol. The number of hydrogen-bond acceptors (Lipinski definition) is 4. The average molecular weight is 360 g/mol. The highest BCUT2D eigenvalue weighted by Gasteiger charge is 2.21. The lowest BCUT2D eigenvalue weighted by molar-refractivity contribution is -0.385. The van der Waals surface area contributed by atoms with Crippen LogP contribution in [0.5, 0.6) is 17.2 Å². The van der Waals surface area contributed by atoms with Gasteiger partial charge in [-0.25, -0.2) is 8.78 Å². The fourth-order valence-electron chi connectivity index (χ4n) is 1.58. The summed E-state index contributed by atoms with van der Waals surface area (Å²) in [5, 5.41) is 10.9. The van der Waals surface area contributed by atoms with Crippen LogP contribution >= 0.6 is 15.9 Å². The van der Waals surface area contributed by atoms with Gasteiger partial charge in [0.1, 0.15) is 11.6 Å². The summed E-state index contributed by atoms with van der Waals surface area (Å²) in [5.41, 5.74) is -0.565. The summed E-state index contributed by atoms with van der Waals surface area (Å²) in [6, 6.07) is 5.32. The van der Waals surface area contributed by atoms with Gasteiger partial charge in [0, 0.05) is 6.07 Å². The summed E-state index contributed by atoms with van der Waals surface area (Å²) in [4.78, 5) is 10.2. The minimum atomic E-state index is -0.880. The van der Waals surface area contributed by atoms with Crippen LogP contribution in [0.2, 0.25) is 0 Å². The maximum Gasteiger partial charge on any atom is 0.314 e. The maximum atomic E-state index is 13.5. The molecule has 0 bridgehead atoms. The van der Waals surface area contributed by atoms with E-state index < -0.39 is 22.2 Å². The minimum absolute atomic E-state index is 0.146. The zero-order valence-corrected chi connectivity index (χ0v) is 12.2. The van der Waals surface area contributed by atoms with Crippen molar-refractivity contribution in [3.05, 3.63) is 56.6 Å². The van der Waals surface area contributed by atoms with Crippen LogP contribution in [0.15, 0.2) is 34.8 Å². The Kier molecular flexibility index (Phi) is 4.37. The Balaban J connectivity index is 2.49. The number of rotatable bonds is 4. The molecule has 0 fully saturated rings. The van der Waals surface area contributed by atoms with E-state index in [9.17, 15) is 18.9 Å². The fourth-order valence-corrected chi connectivity index (χ4v) is 2.01. The van der Waals surface area contributed by atoms with E-state index in [1.807, 2.05) is 0 Å². The van der Waals surface area contributed by atoms with Crippen molar-refractivity contribution in [3.63, 3.8) is 0 Å². The molecule has 0 N–H and O–H groups in total. The highest BCUT2D eigenvalue weighted by Crippen LogP contribution is 2.38. The van der Waals surface area contributed by atoms with Crippen molar-refractivity contribution < 1.29 is 23.2 Å². The third-order valence-electron chi connectivity index (χ3n) is 2.54. The van der Waals surface area contributed by atoms with Crippen LogP contribution in [0.1, 0.15) is 0 Å². The number of hydrogen-bond donors (Lipinski definition) is 0. The number of ether oxygens (including phenoxy) is 2. The van der Waals surface area contributed by atoms with Gasteiger partial charge >= 0.3 is 5.69 Å². The molecule has 2 rings (SSSR count). The van der Waals surface area contributed by atoms with E-state index in [-0.39, 0.29) is 21.7 Å². The zero-order chi connectivity index (χ0) is 15.6. The van der Waals surface area contributed by atoms with Gasteiger partial charge in [-0.1, -0.05) is 0 Å². The van der Waals surface area contributed by atoms with Crippen LogP contribution < -0.4 is 9.47 Å². The molecule has 0 spiro atoms. The maximum absolute atomic E-state index is 13.5. The van der Waals surface area contributed by atoms with Crippen LogP contribution in [0.4, 0.5) is 14.5 Å². The van der Waals surface area contributed by atoms with Crippen molar-refractivity contribution in [2.45, 2.75) is 0 Å². The summed E-state index contributed by atoms with van der Waals surface area (Å²) in [7, 11) is 1.22. The number of nitrogens with zero attached hydrogens (tertiary/aromatic N) is 1. The summed E-state index contributed by atoms with van der Waals surface area (Å²) in [5.74, 6) is -1.65. The first-order valence-corrected chi connectivity index (χ1v) is 6.36. The first-order valence-electron chi connectivity index (χ1n) is 5.57. The van der Waals surface area contributed by atoms with Crippen molar-refractivity contribution in [1.29, 1.82) is 0 Å². The molecule has 0 radical (unpaired) electrons. The Hall–Kier alpha value is -2.22. The molecule has 0 saturated heterocycles. The molecule has 110 valence electrons. The van der Waals surface area contributed by atoms with Gasteiger partial charge < -0.3 is 9.47 Å². The van der Waals surface area contributed by atoms with E-state index in [0.29, 0.717) is 6.07 Å². The quantitative estimate of drug-likeness (QED) is 0.598. The second-order valence-corrected chi connectivity index (χ2v) is 4.74. The van der Waals surface area contributed by atoms with E-state index >= 15 is 0 Å². The van der Waals surface area contributed by atoms with Gasteiger partial charge in [0.25, 0.3) is 0 Å². The number of halogens is 3. The summed E-state index contributed by atoms with van der Waals surface area (Å²) in [6.45, 7) is 0. The second-order valence-electron chi connectivity index (χ2n) is 3.89. The summed E-state index contributed by atoms with van der Waals surface area (Å²) in [6.07, 6.45) is 0. The van der Waals surface area contributed by atoms with Gasteiger partial charge in [0.15, 0.2) is 11.6 Å². The largest absolute Gasteiger partial charge is 0.494 e. The van der Waals surface area contributed by atoms with Gasteiger partial charge in [-0.05, 0) is 34.1 Å². The second kappa shape index (κ2) is 6.04. The van der Waals surface area contributed by atoms with Crippen LogP contribution in [0, 0.1) is 21.7 Å². The molecule has 0 saturated carbocycles. The van der Waals surface area contributed by atoms with E-state index in [1.165, 1.54) is 13.2 Å². The SMILES string of the molecule is COc1cc(Oc2ccc(F)cc2Br)c([N+](=O)[O-])cc1F. The molecule has 0 atom stereocenters. The van der Waals surface area contributed by atoms with Crippen molar-refractivity contribution in [2.24, 2.45) is 0 Å². The van der Waals surface area contributed by atoms with Gasteiger partial charge in [-0.3, -0.25) is 10.1 Å². The Morgan fingerprint density at radius 2 is 1.86 bits per heavy atom. The van der Waals surface area contributed by atoms with E-state index in [0.717, 1.165) is 18.2 Å². The topological polar surface area (TPSA) is 61.6 Å². The standard InChI is InChI=1S/C13H8BrF2NO4/c1-20-12-6-13(10(17(18)19)5-9(12)16)21-11-3-2-7(15)4-8(11)14/h2-6H,1H3. The molecule has 5 nitrogen and oxygen atoms in total. The molecular formula is C13H8BrF2NO4. The van der Waals surface area contributed by atoms with Crippen LogP contribution in [0.3, 0.4) is 0 Å². The van der Waals surface area contributed by atoms with Crippen molar-refractivity contribution >= 4 is 21.6 Å². The molecule has 0 aliphatic heterocycles. The van der Waals surface area contributed by atoms with Crippen molar-refractivity contribution in [1.82, 2.24) is 0 Å². The van der Waals surface area contributed by atoms with Crippen LogP contribution in [0.25, 0.3) is 0 Å². The van der Waals surface area contributed by atoms with Crippen molar-refractivity contribution in [3.8, 4) is 17.2 Å². The molecule has 0 aliphatic rings. The molecule has 0 unspecified atom stereocenters. The number of nitro benzene ring substituents is 1. The molecule has 2 aromatic carbocycles. The Labute approximate surface area is 126 Å².